The highest BCUT2D eigenvalue weighted by Gasteiger charge is 2.26. The van der Waals surface area contributed by atoms with Crippen molar-refractivity contribution in [2.24, 2.45) is 0 Å². The maximum atomic E-state index is 11.9. The van der Waals surface area contributed by atoms with Crippen molar-refractivity contribution < 1.29 is 9.22 Å². The zero-order valence-corrected chi connectivity index (χ0v) is 11.6. The van der Waals surface area contributed by atoms with Gasteiger partial charge in [0.05, 0.1) is 6.10 Å². The second-order valence-electron chi connectivity index (χ2n) is 5.42. The lowest BCUT2D eigenvalue weighted by Crippen LogP contribution is -2.39. The second-order valence-corrected chi connectivity index (χ2v) is 9.88. The average Bonchev–Trinajstić information content (AvgIpc) is 2.37. The van der Waals surface area contributed by atoms with Crippen LogP contribution in [-0.2, 0) is 10.8 Å². The van der Waals surface area contributed by atoms with Crippen LogP contribution in [0.15, 0.2) is 24.3 Å². The lowest BCUT2D eigenvalue weighted by Gasteiger charge is -2.25. The van der Waals surface area contributed by atoms with E-state index in [-0.39, 0.29) is 12.0 Å². The molecule has 3 nitrogen and oxygen atoms in total. The van der Waals surface area contributed by atoms with E-state index in [4.69, 9.17) is 4.43 Å². The van der Waals surface area contributed by atoms with Gasteiger partial charge >= 0.3 is 0 Å². The molecular formula is C13H19NO2Si. The zero-order valence-electron chi connectivity index (χ0n) is 10.6. The van der Waals surface area contributed by atoms with Crippen molar-refractivity contribution in [1.29, 1.82) is 0 Å². The van der Waals surface area contributed by atoms with Crippen LogP contribution in [0, 0.1) is 0 Å². The summed E-state index contributed by atoms with van der Waals surface area (Å²) in [6.45, 7) is 7.13. The Morgan fingerprint density at radius 3 is 2.71 bits per heavy atom. The van der Waals surface area contributed by atoms with E-state index >= 15 is 0 Å². The number of carbonyl (C=O) groups excluding carboxylic acids is 1. The summed E-state index contributed by atoms with van der Waals surface area (Å²) in [4.78, 5) is 11.9. The molecule has 4 heteroatoms. The summed E-state index contributed by atoms with van der Waals surface area (Å²) in [6.07, 6.45) is 0.924. The minimum absolute atomic E-state index is 0.0160. The normalized spacial score (nSPS) is 20.4. The first kappa shape index (κ1) is 12.3. The van der Waals surface area contributed by atoms with E-state index in [9.17, 15) is 4.79 Å². The Morgan fingerprint density at radius 2 is 2.00 bits per heavy atom. The molecule has 0 unspecified atom stereocenters. The monoisotopic (exact) mass is 249 g/mol. The van der Waals surface area contributed by atoms with E-state index in [0.717, 1.165) is 17.5 Å². The first-order valence-electron chi connectivity index (χ1n) is 5.99. The quantitative estimate of drug-likeness (QED) is 0.816. The third-order valence-electron chi connectivity index (χ3n) is 2.72. The molecule has 1 heterocycles. The fourth-order valence-electron chi connectivity index (χ4n) is 2.12. The highest BCUT2D eigenvalue weighted by atomic mass is 28.4. The summed E-state index contributed by atoms with van der Waals surface area (Å²) >= 11 is 0. The molecule has 1 atom stereocenters. The van der Waals surface area contributed by atoms with E-state index in [1.807, 2.05) is 24.3 Å². The van der Waals surface area contributed by atoms with Crippen molar-refractivity contribution in [3.05, 3.63) is 35.4 Å². The summed E-state index contributed by atoms with van der Waals surface area (Å²) in [6, 6.07) is 7.77. The number of benzene rings is 1. The van der Waals surface area contributed by atoms with Gasteiger partial charge in [-0.15, -0.1) is 0 Å². The zero-order chi connectivity index (χ0) is 12.5. The number of hydrogen-bond acceptors (Lipinski definition) is 2. The van der Waals surface area contributed by atoms with Crippen LogP contribution in [-0.4, -0.2) is 26.9 Å². The Labute approximate surface area is 103 Å². The molecule has 17 heavy (non-hydrogen) atoms. The summed E-state index contributed by atoms with van der Waals surface area (Å²) in [7, 11) is -1.56. The molecule has 1 aliphatic heterocycles. The molecule has 1 aliphatic rings. The van der Waals surface area contributed by atoms with Crippen molar-refractivity contribution in [2.45, 2.75) is 32.2 Å². The van der Waals surface area contributed by atoms with Gasteiger partial charge < -0.3 is 9.74 Å². The first-order chi connectivity index (χ1) is 7.96. The largest absolute Gasteiger partial charge is 0.413 e. The molecule has 1 N–H and O–H groups in total. The van der Waals surface area contributed by atoms with Crippen LogP contribution in [0.3, 0.4) is 0 Å². The number of amides is 1. The Bertz CT molecular complexity index is 426. The Morgan fingerprint density at radius 1 is 1.29 bits per heavy atom. The Balaban J connectivity index is 2.21. The maximum absolute atomic E-state index is 11.9. The van der Waals surface area contributed by atoms with Crippen LogP contribution in [0.25, 0.3) is 0 Å². The number of nitrogens with one attached hydrogen (secondary N) is 1. The summed E-state index contributed by atoms with van der Waals surface area (Å²) in [5.74, 6) is 0.0160. The number of fused-ring (bicyclic) bond motifs is 1. The van der Waals surface area contributed by atoms with Gasteiger partial charge in [-0.3, -0.25) is 4.79 Å². The molecule has 2 rings (SSSR count). The van der Waals surface area contributed by atoms with Crippen molar-refractivity contribution in [3.63, 3.8) is 0 Å². The predicted molar refractivity (Wildman–Crippen MR) is 70.7 cm³/mol. The van der Waals surface area contributed by atoms with Gasteiger partial charge in [0.1, 0.15) is 0 Å². The summed E-state index contributed by atoms with van der Waals surface area (Å²) in [5, 5.41) is 2.93. The molecule has 1 aromatic carbocycles. The van der Waals surface area contributed by atoms with Gasteiger partial charge in [0.2, 0.25) is 0 Å². The minimum atomic E-state index is -1.56. The van der Waals surface area contributed by atoms with Gasteiger partial charge in [0.15, 0.2) is 8.32 Å². The van der Waals surface area contributed by atoms with Crippen molar-refractivity contribution >= 4 is 14.2 Å². The standard InChI is InChI=1S/C13H19NO2Si/c1-17(2,3)16-11-8-10-6-4-5-7-12(10)13(15)14-9-11/h4-7,11H,8-9H2,1-3H3,(H,14,15)/t11-/m0/s1. The average molecular weight is 249 g/mol. The molecule has 1 aromatic rings. The SMILES string of the molecule is C[Si](C)(C)O[C@@H]1CNC(=O)c2ccccc2C1. The lowest BCUT2D eigenvalue weighted by molar-refractivity contribution is 0.0936. The summed E-state index contributed by atoms with van der Waals surface area (Å²) < 4.78 is 6.09. The molecule has 0 aliphatic carbocycles. The van der Waals surface area contributed by atoms with Crippen LogP contribution < -0.4 is 5.32 Å². The van der Waals surface area contributed by atoms with Crippen LogP contribution in [0.2, 0.25) is 19.6 Å². The van der Waals surface area contributed by atoms with Crippen LogP contribution in [0.5, 0.6) is 0 Å². The number of hydrogen-bond donors (Lipinski definition) is 1. The molecule has 0 radical (unpaired) electrons. The third-order valence-corrected chi connectivity index (χ3v) is 3.76. The molecule has 0 saturated heterocycles. The lowest BCUT2D eigenvalue weighted by atomic mass is 10.0. The maximum Gasteiger partial charge on any atom is 0.251 e. The summed E-state index contributed by atoms with van der Waals surface area (Å²) in [5.41, 5.74) is 1.87. The molecule has 0 aromatic heterocycles. The van der Waals surface area contributed by atoms with E-state index in [1.54, 1.807) is 0 Å². The molecule has 0 bridgehead atoms. The van der Waals surface area contributed by atoms with Crippen molar-refractivity contribution in [1.82, 2.24) is 5.32 Å². The minimum Gasteiger partial charge on any atom is -0.413 e. The fourth-order valence-corrected chi connectivity index (χ4v) is 3.29. The van der Waals surface area contributed by atoms with Crippen LogP contribution >= 0.6 is 0 Å². The molecule has 0 saturated carbocycles. The Kier molecular flexibility index (Phi) is 3.35. The predicted octanol–water partition coefficient (Wildman–Crippen LogP) is 2.19. The topological polar surface area (TPSA) is 38.3 Å². The first-order valence-corrected chi connectivity index (χ1v) is 9.40. The molecule has 0 fully saturated rings. The van der Waals surface area contributed by atoms with Gasteiger partial charge in [0, 0.05) is 12.1 Å². The van der Waals surface area contributed by atoms with Gasteiger partial charge in [-0.05, 0) is 37.7 Å². The van der Waals surface area contributed by atoms with Crippen molar-refractivity contribution in [2.75, 3.05) is 6.54 Å². The number of rotatable bonds is 2. The van der Waals surface area contributed by atoms with Gasteiger partial charge in [-0.2, -0.15) is 0 Å². The van der Waals surface area contributed by atoms with Crippen molar-refractivity contribution in [3.8, 4) is 0 Å². The molecule has 92 valence electrons. The second kappa shape index (κ2) is 4.62. The smallest absolute Gasteiger partial charge is 0.251 e. The van der Waals surface area contributed by atoms with E-state index in [2.05, 4.69) is 25.0 Å². The third kappa shape index (κ3) is 3.17. The van der Waals surface area contributed by atoms with Gasteiger partial charge in [0.25, 0.3) is 5.91 Å². The number of carbonyl (C=O) groups is 1. The molecular weight excluding hydrogens is 230 g/mol. The van der Waals surface area contributed by atoms with Crippen LogP contribution in [0.4, 0.5) is 0 Å². The Hall–Kier alpha value is -1.13. The highest BCUT2D eigenvalue weighted by Crippen LogP contribution is 2.18. The molecule has 0 spiro atoms. The van der Waals surface area contributed by atoms with E-state index in [0.29, 0.717) is 6.54 Å². The molecule has 1 amide bonds. The highest BCUT2D eigenvalue weighted by molar-refractivity contribution is 6.69. The van der Waals surface area contributed by atoms with Crippen LogP contribution in [0.1, 0.15) is 15.9 Å². The van der Waals surface area contributed by atoms with E-state index < -0.39 is 8.32 Å². The van der Waals surface area contributed by atoms with E-state index in [1.165, 1.54) is 0 Å². The van der Waals surface area contributed by atoms with Gasteiger partial charge in [-0.1, -0.05) is 18.2 Å². The fraction of sp³-hybridized carbons (Fsp3) is 0.462. The van der Waals surface area contributed by atoms with Gasteiger partial charge in [-0.25, -0.2) is 0 Å².